The number of hydrogen-bond acceptors (Lipinski definition) is 14. The van der Waals surface area contributed by atoms with Crippen LogP contribution >= 0.6 is 62.1 Å². The second kappa shape index (κ2) is 56.4. The molecule has 3 heterocycles. The van der Waals surface area contributed by atoms with Crippen LogP contribution in [-0.2, 0) is 19.3 Å². The molecule has 0 saturated heterocycles. The number of rotatable bonds is 28. The van der Waals surface area contributed by atoms with Crippen molar-refractivity contribution >= 4 is 125 Å². The Morgan fingerprint density at radius 3 is 1.14 bits per heavy atom. The topological polar surface area (TPSA) is 194 Å². The molecule has 0 atom stereocenters. The van der Waals surface area contributed by atoms with Gasteiger partial charge in [-0.05, 0) is 280 Å². The van der Waals surface area contributed by atoms with Crippen LogP contribution in [0.2, 0.25) is 15.1 Å². The van der Waals surface area contributed by atoms with Crippen LogP contribution in [0.25, 0.3) is 0 Å². The van der Waals surface area contributed by atoms with E-state index in [4.69, 9.17) is 43.6 Å². The number of hydrogen-bond donors (Lipinski definition) is 4. The van der Waals surface area contributed by atoms with Crippen LogP contribution in [0.5, 0.6) is 0 Å². The summed E-state index contributed by atoms with van der Waals surface area (Å²) in [5, 5.41) is 16.6. The quantitative estimate of drug-likeness (QED) is 0.0268. The van der Waals surface area contributed by atoms with Crippen molar-refractivity contribution in [3.8, 4) is 0 Å². The van der Waals surface area contributed by atoms with Crippen LogP contribution in [0.1, 0.15) is 152 Å². The van der Waals surface area contributed by atoms with E-state index in [1.165, 1.54) is 58.1 Å². The molecule has 14 rings (SSSR count). The van der Waals surface area contributed by atoms with Crippen molar-refractivity contribution in [3.63, 3.8) is 0 Å². The number of ketones is 7. The Morgan fingerprint density at radius 1 is 0.321 bits per heavy atom. The Labute approximate surface area is 797 Å². The SMILES string of the molecule is C.Cc1ccc(C)c(N/C=C/C(=O)c2ccccc2)c1.Cc1ccc(C/C=C/C(=O)c2ccc(C)o2)c(Cl)c1.Cc1ccc(C/C=C/C(=O)c2ccccc2)c(Cl)c1.Cc1ccc(C/C=C/C(=O)c2ccco2)c(Cl)c1.Cc1ccc(N/C=C/C(=O)c2ccccc2)cc1C.Cc1ccc(N/C=C/C(=O)c2cccs2)c(Br)c1.Cc1ccccc1N/C=C/C(=O)c1ccccc1. The van der Waals surface area contributed by atoms with E-state index in [9.17, 15) is 33.6 Å². The number of para-hydroxylation sites is 1. The smallest absolute Gasteiger partial charge is 0.220 e. The molecule has 4 N–H and O–H groups in total. The van der Waals surface area contributed by atoms with Crippen LogP contribution < -0.4 is 21.3 Å². The zero-order valence-electron chi connectivity index (χ0n) is 74.2. The Hall–Kier alpha value is -13.9. The van der Waals surface area contributed by atoms with E-state index in [1.807, 2.05) is 291 Å². The van der Waals surface area contributed by atoms with E-state index < -0.39 is 0 Å². The summed E-state index contributed by atoms with van der Waals surface area (Å²) < 4.78 is 11.3. The van der Waals surface area contributed by atoms with E-state index >= 15 is 0 Å². The highest BCUT2D eigenvalue weighted by Gasteiger charge is 2.11. The van der Waals surface area contributed by atoms with Crippen molar-refractivity contribution < 1.29 is 42.4 Å². The summed E-state index contributed by atoms with van der Waals surface area (Å²) in [4.78, 5) is 83.2. The molecule has 0 saturated carbocycles. The number of nitrogens with one attached hydrogen (secondary N) is 4. The number of carbonyl (C=O) groups is 7. The van der Waals surface area contributed by atoms with Gasteiger partial charge in [-0.3, -0.25) is 33.6 Å². The number of halogens is 4. The molecule has 0 aliphatic carbocycles. The third kappa shape index (κ3) is 37.7. The van der Waals surface area contributed by atoms with Gasteiger partial charge in [0.2, 0.25) is 11.6 Å². The first kappa shape index (κ1) is 104. The Balaban J connectivity index is 0.000000209. The third-order valence-corrected chi connectivity index (χ3v) is 21.9. The van der Waals surface area contributed by atoms with Gasteiger partial charge in [-0.1, -0.05) is 267 Å². The normalized spacial score (nSPS) is 10.7. The molecule has 668 valence electrons. The first-order valence-corrected chi connectivity index (χ1v) is 44.5. The fraction of sp³-hybridized carbons (Fsp3) is 0.124. The summed E-state index contributed by atoms with van der Waals surface area (Å²) in [5.74, 6) is 1.21. The molecule has 0 radical (unpaired) electrons. The lowest BCUT2D eigenvalue weighted by Crippen LogP contribution is -1.97. The molecule has 0 unspecified atom stereocenters. The predicted octanol–water partition coefficient (Wildman–Crippen LogP) is 30.7. The molecule has 0 amide bonds. The summed E-state index contributed by atoms with van der Waals surface area (Å²) in [6.07, 6.45) is 26.4. The molecule has 0 spiro atoms. The van der Waals surface area contributed by atoms with E-state index in [0.717, 1.165) is 97.4 Å². The largest absolute Gasteiger partial charge is 0.461 e. The monoisotopic (exact) mass is 1880 g/mol. The zero-order valence-corrected chi connectivity index (χ0v) is 78.8. The lowest BCUT2D eigenvalue weighted by Gasteiger charge is -2.06. The molecule has 14 aromatic rings. The van der Waals surface area contributed by atoms with Crippen LogP contribution in [0, 0.1) is 69.2 Å². The van der Waals surface area contributed by atoms with Gasteiger partial charge >= 0.3 is 0 Å². The maximum atomic E-state index is 11.9. The molecule has 0 fully saturated rings. The average molecular weight is 1880 g/mol. The molecular formula is C113H108BrCl3N4O9S. The molecule has 11 aromatic carbocycles. The lowest BCUT2D eigenvalue weighted by molar-refractivity contribution is 0.101. The molecule has 0 bridgehead atoms. The highest BCUT2D eigenvalue weighted by atomic mass is 79.9. The Morgan fingerprint density at radius 2 is 0.710 bits per heavy atom. The molecule has 3 aromatic heterocycles. The van der Waals surface area contributed by atoms with E-state index in [-0.39, 0.29) is 47.9 Å². The average Bonchev–Trinajstić information content (AvgIpc) is 1.84. The first-order chi connectivity index (χ1) is 62.7. The fourth-order valence-corrected chi connectivity index (χ4v) is 14.0. The molecule has 0 aliphatic rings. The summed E-state index contributed by atoms with van der Waals surface area (Å²) in [7, 11) is 0. The van der Waals surface area contributed by atoms with Gasteiger partial charge in [0.1, 0.15) is 5.76 Å². The predicted molar refractivity (Wildman–Crippen MR) is 549 cm³/mol. The highest BCUT2D eigenvalue weighted by molar-refractivity contribution is 9.10. The molecule has 13 nitrogen and oxygen atoms in total. The van der Waals surface area contributed by atoms with Gasteiger partial charge in [-0.15, -0.1) is 11.3 Å². The molecule has 0 aliphatic heterocycles. The van der Waals surface area contributed by atoms with E-state index in [1.54, 1.807) is 97.7 Å². The van der Waals surface area contributed by atoms with Crippen LogP contribution in [0.3, 0.4) is 0 Å². The number of thiophene rings is 1. The minimum absolute atomic E-state index is 0. The summed E-state index contributed by atoms with van der Waals surface area (Å²) in [6.45, 7) is 20.1. The summed E-state index contributed by atoms with van der Waals surface area (Å²) in [5.41, 5.74) is 20.3. The van der Waals surface area contributed by atoms with Crippen molar-refractivity contribution in [3.05, 3.63) is 519 Å². The van der Waals surface area contributed by atoms with Crippen molar-refractivity contribution in [1.82, 2.24) is 0 Å². The van der Waals surface area contributed by atoms with Crippen LogP contribution in [0.15, 0.2) is 402 Å². The summed E-state index contributed by atoms with van der Waals surface area (Å²) in [6, 6.07) is 91.4. The van der Waals surface area contributed by atoms with E-state index in [0.29, 0.717) is 53.0 Å². The minimum Gasteiger partial charge on any atom is -0.461 e. The number of furan rings is 2. The summed E-state index contributed by atoms with van der Waals surface area (Å²) >= 11 is 23.3. The van der Waals surface area contributed by atoms with Crippen molar-refractivity contribution in [2.24, 2.45) is 0 Å². The van der Waals surface area contributed by atoms with Gasteiger partial charge < -0.3 is 30.1 Å². The second-order valence-electron chi connectivity index (χ2n) is 29.8. The van der Waals surface area contributed by atoms with Gasteiger partial charge in [0.05, 0.1) is 16.8 Å². The maximum absolute atomic E-state index is 11.9. The van der Waals surface area contributed by atoms with E-state index in [2.05, 4.69) is 81.4 Å². The third-order valence-electron chi connectivity index (χ3n) is 19.3. The van der Waals surface area contributed by atoms with Crippen LogP contribution in [-0.4, -0.2) is 40.5 Å². The van der Waals surface area contributed by atoms with Gasteiger partial charge in [0.15, 0.2) is 40.4 Å². The lowest BCUT2D eigenvalue weighted by atomic mass is 10.1. The van der Waals surface area contributed by atoms with Crippen LogP contribution in [0.4, 0.5) is 22.7 Å². The van der Waals surface area contributed by atoms with Gasteiger partial charge in [-0.25, -0.2) is 0 Å². The fourth-order valence-electron chi connectivity index (χ4n) is 11.8. The second-order valence-corrected chi connectivity index (χ2v) is 32.8. The Bertz CT molecular complexity index is 6170. The molecular weight excluding hydrogens is 1780 g/mol. The number of carbonyl (C=O) groups excluding carboxylic acids is 7. The number of anilines is 4. The van der Waals surface area contributed by atoms with Crippen molar-refractivity contribution in [2.45, 2.75) is 95.9 Å². The highest BCUT2D eigenvalue weighted by Crippen LogP contribution is 2.26. The maximum Gasteiger partial charge on any atom is 0.220 e. The van der Waals surface area contributed by atoms with Gasteiger partial charge in [-0.2, -0.15) is 0 Å². The minimum atomic E-state index is -0.136. The van der Waals surface area contributed by atoms with Gasteiger partial charge in [0.25, 0.3) is 0 Å². The number of benzene rings is 11. The Kier molecular flexibility index (Phi) is 44.9. The van der Waals surface area contributed by atoms with Gasteiger partial charge in [0, 0.05) is 108 Å². The van der Waals surface area contributed by atoms with Crippen molar-refractivity contribution in [1.29, 1.82) is 0 Å². The first-order valence-electron chi connectivity index (χ1n) is 41.7. The molecule has 131 heavy (non-hydrogen) atoms. The number of aryl methyl sites for hydroxylation is 10. The zero-order chi connectivity index (χ0) is 93.5. The molecule has 18 heteroatoms. The van der Waals surface area contributed by atoms with Crippen molar-refractivity contribution in [2.75, 3.05) is 21.3 Å². The number of allylic oxidation sites excluding steroid dienone is 10. The standard InChI is InChI=1S/C17H15ClO.2C17H17NO.C16H15ClO2.C16H15NO.C15H13ClO2.C14H12BrNOS.CH4/c1-13-10-11-14(16(18)12-13)8-5-9-17(19)15-6-3-2-4-7-15;1-13-8-9-16(12-14(13)2)18-11-10-17(19)15-6-4-3-5-7-15;1-13-8-9-14(2)16(12-13)18-11-10-17(19)15-6-4-3-5-7-15;1-11-6-8-13(14(17)10-11)4-3-5-15(18)16-9-7-12(2)19-16;1-13-7-5-6-10-15(13)17-12-11-16(18)14-8-3-2-4-9-14;1-11-7-8-12(13(16)10-11)4-2-5-14(17)15-6-3-9-18-15;1-10-4-5-12(11(15)9-10)16-7-6-13(17)14-3-2-8-18-14;/h2-7,9-12H,8H2,1H3;2*3-12,18H,1-2H3;3,5-10H,4H2,1-2H3;2-12,17H,1H3;2-3,5-10H,4H2,1H3;2-9,16H,1H3;1H4/b9-5+;2*11-10+;5-3+;12-11+;5-2+;7-6+;.